The Morgan fingerprint density at radius 1 is 1.06 bits per heavy atom. The molecule has 3 aliphatic rings. The SMILES string of the molecule is CC1=CC2c3ccccc3C3(CCCCC3)[C@H]2C1. The van der Waals surface area contributed by atoms with Crippen molar-refractivity contribution in [1.29, 1.82) is 0 Å². The lowest BCUT2D eigenvalue weighted by Crippen LogP contribution is -2.34. The molecule has 94 valence electrons. The highest BCUT2D eigenvalue weighted by atomic mass is 14.6. The highest BCUT2D eigenvalue weighted by Crippen LogP contribution is 2.61. The van der Waals surface area contributed by atoms with Gasteiger partial charge in [-0.1, -0.05) is 55.2 Å². The summed E-state index contributed by atoms with van der Waals surface area (Å²) in [5.41, 5.74) is 5.53. The van der Waals surface area contributed by atoms with Crippen LogP contribution in [0.5, 0.6) is 0 Å². The quantitative estimate of drug-likeness (QED) is 0.561. The summed E-state index contributed by atoms with van der Waals surface area (Å²) < 4.78 is 0. The Balaban J connectivity index is 1.89. The number of fused-ring (bicyclic) bond motifs is 5. The average Bonchev–Trinajstić information content (AvgIpc) is 2.90. The summed E-state index contributed by atoms with van der Waals surface area (Å²) in [6.07, 6.45) is 11.1. The van der Waals surface area contributed by atoms with E-state index in [1.54, 1.807) is 16.7 Å². The molecule has 0 aliphatic heterocycles. The van der Waals surface area contributed by atoms with Gasteiger partial charge in [-0.15, -0.1) is 0 Å². The third-order valence-corrected chi connectivity index (χ3v) is 5.75. The van der Waals surface area contributed by atoms with E-state index in [1.165, 1.54) is 38.5 Å². The van der Waals surface area contributed by atoms with Gasteiger partial charge in [0.2, 0.25) is 0 Å². The van der Waals surface area contributed by atoms with Crippen molar-refractivity contribution in [2.75, 3.05) is 0 Å². The molecule has 1 unspecified atom stereocenters. The molecule has 0 heterocycles. The first kappa shape index (κ1) is 10.8. The van der Waals surface area contributed by atoms with Crippen molar-refractivity contribution in [3.63, 3.8) is 0 Å². The van der Waals surface area contributed by atoms with Crippen molar-refractivity contribution < 1.29 is 0 Å². The van der Waals surface area contributed by atoms with Gasteiger partial charge in [-0.05, 0) is 48.6 Å². The maximum atomic E-state index is 2.56. The summed E-state index contributed by atoms with van der Waals surface area (Å²) in [6.45, 7) is 2.33. The minimum atomic E-state index is 0.535. The minimum Gasteiger partial charge on any atom is -0.0777 e. The van der Waals surface area contributed by atoms with Crippen LogP contribution in [0.1, 0.15) is 62.5 Å². The maximum Gasteiger partial charge on any atom is 0.00633 e. The molecule has 0 aromatic heterocycles. The van der Waals surface area contributed by atoms with E-state index in [1.807, 2.05) is 0 Å². The first-order chi connectivity index (χ1) is 8.81. The molecule has 1 aromatic carbocycles. The van der Waals surface area contributed by atoms with E-state index in [9.17, 15) is 0 Å². The Hall–Kier alpha value is -1.04. The van der Waals surface area contributed by atoms with Crippen molar-refractivity contribution in [1.82, 2.24) is 0 Å². The molecule has 1 spiro atoms. The van der Waals surface area contributed by atoms with Crippen LogP contribution in [-0.4, -0.2) is 0 Å². The Kier molecular flexibility index (Phi) is 2.24. The first-order valence-corrected chi connectivity index (χ1v) is 7.58. The third kappa shape index (κ3) is 1.27. The van der Waals surface area contributed by atoms with Crippen LogP contribution in [0, 0.1) is 5.92 Å². The van der Waals surface area contributed by atoms with E-state index in [0.29, 0.717) is 5.41 Å². The Morgan fingerprint density at radius 2 is 1.83 bits per heavy atom. The molecule has 0 nitrogen and oxygen atoms in total. The minimum absolute atomic E-state index is 0.535. The molecule has 18 heavy (non-hydrogen) atoms. The van der Waals surface area contributed by atoms with Crippen LogP contribution >= 0.6 is 0 Å². The van der Waals surface area contributed by atoms with E-state index in [-0.39, 0.29) is 0 Å². The lowest BCUT2D eigenvalue weighted by Gasteiger charge is -2.40. The second-order valence-electron chi connectivity index (χ2n) is 6.65. The zero-order valence-corrected chi connectivity index (χ0v) is 11.3. The van der Waals surface area contributed by atoms with Crippen molar-refractivity contribution in [2.24, 2.45) is 5.92 Å². The van der Waals surface area contributed by atoms with Crippen LogP contribution in [0.2, 0.25) is 0 Å². The van der Waals surface area contributed by atoms with Crippen LogP contribution < -0.4 is 0 Å². The van der Waals surface area contributed by atoms with Crippen LogP contribution in [0.15, 0.2) is 35.9 Å². The first-order valence-electron chi connectivity index (χ1n) is 7.58. The van der Waals surface area contributed by atoms with Gasteiger partial charge in [-0.3, -0.25) is 0 Å². The Labute approximate surface area is 110 Å². The molecule has 0 amide bonds. The lowest BCUT2D eigenvalue weighted by atomic mass is 9.64. The fourth-order valence-corrected chi connectivity index (χ4v) is 5.07. The van der Waals surface area contributed by atoms with Gasteiger partial charge in [0.05, 0.1) is 0 Å². The molecule has 3 aliphatic carbocycles. The molecule has 0 heteroatoms. The van der Waals surface area contributed by atoms with E-state index in [2.05, 4.69) is 37.3 Å². The molecule has 1 saturated carbocycles. The monoisotopic (exact) mass is 238 g/mol. The summed E-state index contributed by atoms with van der Waals surface area (Å²) in [4.78, 5) is 0. The molecule has 4 rings (SSSR count). The smallest absolute Gasteiger partial charge is 0.00633 e. The van der Waals surface area contributed by atoms with E-state index in [0.717, 1.165) is 11.8 Å². The van der Waals surface area contributed by atoms with Crippen molar-refractivity contribution in [3.8, 4) is 0 Å². The standard InChI is InChI=1S/C18H22/c1-13-11-15-14-7-3-4-8-16(14)18(17(15)12-13)9-5-2-6-10-18/h3-4,7-8,11,15,17H,2,5-6,9-10,12H2,1H3/t15?,17-/m0/s1. The van der Waals surface area contributed by atoms with Crippen molar-refractivity contribution in [3.05, 3.63) is 47.0 Å². The zero-order chi connectivity index (χ0) is 12.2. The van der Waals surface area contributed by atoms with Crippen LogP contribution in [0.4, 0.5) is 0 Å². The molecule has 0 radical (unpaired) electrons. The third-order valence-electron chi connectivity index (χ3n) is 5.75. The fourth-order valence-electron chi connectivity index (χ4n) is 5.07. The van der Waals surface area contributed by atoms with Gasteiger partial charge < -0.3 is 0 Å². The van der Waals surface area contributed by atoms with Gasteiger partial charge in [0, 0.05) is 5.92 Å². The second kappa shape index (κ2) is 3.73. The van der Waals surface area contributed by atoms with Gasteiger partial charge in [0.25, 0.3) is 0 Å². The van der Waals surface area contributed by atoms with Crippen molar-refractivity contribution >= 4 is 0 Å². The van der Waals surface area contributed by atoms with Crippen LogP contribution in [0.25, 0.3) is 0 Å². The largest absolute Gasteiger partial charge is 0.0777 e. The van der Waals surface area contributed by atoms with Gasteiger partial charge in [0.1, 0.15) is 0 Å². The van der Waals surface area contributed by atoms with E-state index >= 15 is 0 Å². The number of benzene rings is 1. The molecule has 1 aromatic rings. The van der Waals surface area contributed by atoms with Crippen LogP contribution in [-0.2, 0) is 5.41 Å². The Bertz CT molecular complexity index is 503. The number of hydrogen-bond acceptors (Lipinski definition) is 0. The Morgan fingerprint density at radius 3 is 2.67 bits per heavy atom. The summed E-state index contributed by atoms with van der Waals surface area (Å²) in [7, 11) is 0. The predicted octanol–water partition coefficient (Wildman–Crippen LogP) is 4.95. The zero-order valence-electron chi connectivity index (χ0n) is 11.3. The van der Waals surface area contributed by atoms with Crippen molar-refractivity contribution in [2.45, 2.75) is 56.8 Å². The van der Waals surface area contributed by atoms with E-state index in [4.69, 9.17) is 0 Å². The van der Waals surface area contributed by atoms with Gasteiger partial charge in [-0.2, -0.15) is 0 Å². The average molecular weight is 238 g/mol. The molecule has 0 N–H and O–H groups in total. The predicted molar refractivity (Wildman–Crippen MR) is 75.8 cm³/mol. The molecule has 1 fully saturated rings. The highest BCUT2D eigenvalue weighted by molar-refractivity contribution is 5.49. The van der Waals surface area contributed by atoms with Gasteiger partial charge >= 0.3 is 0 Å². The van der Waals surface area contributed by atoms with Gasteiger partial charge in [-0.25, -0.2) is 0 Å². The summed E-state index contributed by atoms with van der Waals surface area (Å²) in [5.74, 6) is 1.62. The molecule has 0 bridgehead atoms. The summed E-state index contributed by atoms with van der Waals surface area (Å²) >= 11 is 0. The van der Waals surface area contributed by atoms with E-state index < -0.39 is 0 Å². The molecule has 0 saturated heterocycles. The topological polar surface area (TPSA) is 0 Å². The molecular formula is C18H22. The van der Waals surface area contributed by atoms with Crippen LogP contribution in [0.3, 0.4) is 0 Å². The highest BCUT2D eigenvalue weighted by Gasteiger charge is 2.52. The number of hydrogen-bond donors (Lipinski definition) is 0. The number of rotatable bonds is 0. The normalized spacial score (nSPS) is 32.2. The fraction of sp³-hybridized carbons (Fsp3) is 0.556. The molecule has 2 atom stereocenters. The summed E-state index contributed by atoms with van der Waals surface area (Å²) in [5, 5.41) is 0. The number of allylic oxidation sites excluding steroid dienone is 2. The lowest BCUT2D eigenvalue weighted by molar-refractivity contribution is 0.205. The molecular weight excluding hydrogens is 216 g/mol. The van der Waals surface area contributed by atoms with Gasteiger partial charge in [0.15, 0.2) is 0 Å². The summed E-state index contributed by atoms with van der Waals surface area (Å²) in [6, 6.07) is 9.32. The second-order valence-corrected chi connectivity index (χ2v) is 6.65. The maximum absolute atomic E-state index is 2.56.